The van der Waals surface area contributed by atoms with Crippen LogP contribution in [0.25, 0.3) is 0 Å². The summed E-state index contributed by atoms with van der Waals surface area (Å²) in [7, 11) is 0. The third kappa shape index (κ3) is 3.96. The van der Waals surface area contributed by atoms with E-state index in [-0.39, 0.29) is 22.7 Å². The summed E-state index contributed by atoms with van der Waals surface area (Å²) in [5, 5.41) is 10.7. The van der Waals surface area contributed by atoms with Crippen molar-refractivity contribution in [3.63, 3.8) is 0 Å². The second-order valence-corrected chi connectivity index (χ2v) is 5.97. The Balaban J connectivity index is 2.49. The topological polar surface area (TPSA) is 112 Å². The van der Waals surface area contributed by atoms with E-state index in [0.717, 1.165) is 11.8 Å². The second-order valence-electron chi connectivity index (χ2n) is 4.87. The zero-order valence-electron chi connectivity index (χ0n) is 12.4. The van der Waals surface area contributed by atoms with Crippen LogP contribution in [-0.4, -0.2) is 20.0 Å². The van der Waals surface area contributed by atoms with Crippen LogP contribution in [0.2, 0.25) is 0 Å². The number of anilines is 1. The Kier molecular flexibility index (Phi) is 5.13. The van der Waals surface area contributed by atoms with Gasteiger partial charge in [-0.2, -0.15) is 0 Å². The number of hydrogen-bond donors (Lipinski definition) is 1. The zero-order valence-corrected chi connectivity index (χ0v) is 13.2. The number of nitrogens with two attached hydrogens (primary N) is 1. The molecule has 0 saturated carbocycles. The molecule has 2 rings (SSSR count). The number of hydrogen-bond acceptors (Lipinski definition) is 7. The lowest BCUT2D eigenvalue weighted by molar-refractivity contribution is -0.424. The van der Waals surface area contributed by atoms with E-state index in [1.54, 1.807) is 0 Å². The van der Waals surface area contributed by atoms with Crippen molar-refractivity contribution in [3.8, 4) is 12.3 Å². The van der Waals surface area contributed by atoms with E-state index in [0.29, 0.717) is 29.0 Å². The summed E-state index contributed by atoms with van der Waals surface area (Å²) >= 11 is 1.06. The third-order valence-electron chi connectivity index (χ3n) is 3.33. The maximum Gasteiger partial charge on any atom is 0.243 e. The first-order chi connectivity index (χ1) is 10.9. The van der Waals surface area contributed by atoms with Gasteiger partial charge in [-0.1, -0.05) is 5.92 Å². The van der Waals surface area contributed by atoms with E-state index >= 15 is 0 Å². The molecule has 1 atom stereocenters. The predicted molar refractivity (Wildman–Crippen MR) is 87.0 cm³/mol. The summed E-state index contributed by atoms with van der Waals surface area (Å²) in [5.41, 5.74) is 6.72. The quantitative estimate of drug-likeness (QED) is 0.391. The normalized spacial score (nSPS) is 18.8. The van der Waals surface area contributed by atoms with Gasteiger partial charge in [-0.15, -0.1) is 6.42 Å². The molecule has 8 heteroatoms. The lowest BCUT2D eigenvalue weighted by atomic mass is 9.90. The summed E-state index contributed by atoms with van der Waals surface area (Å²) < 4.78 is 0. The fraction of sp³-hybridized carbons (Fsp3) is 0.267. The average molecular weight is 330 g/mol. The zero-order chi connectivity index (χ0) is 17.0. The Labute approximate surface area is 137 Å². The number of thioether (sulfide) groups is 1. The van der Waals surface area contributed by atoms with Crippen LogP contribution >= 0.6 is 11.8 Å². The molecule has 0 saturated heterocycles. The number of nitro groups is 1. The van der Waals surface area contributed by atoms with Crippen LogP contribution in [0.4, 0.5) is 5.95 Å². The van der Waals surface area contributed by atoms with Gasteiger partial charge in [0, 0.05) is 37.1 Å². The molecule has 7 nitrogen and oxygen atoms in total. The van der Waals surface area contributed by atoms with Crippen LogP contribution in [-0.2, 0) is 4.79 Å². The van der Waals surface area contributed by atoms with E-state index in [9.17, 15) is 14.9 Å². The van der Waals surface area contributed by atoms with Gasteiger partial charge >= 0.3 is 0 Å². The number of carbonyl (C=O) groups is 1. The van der Waals surface area contributed by atoms with Gasteiger partial charge in [-0.3, -0.25) is 14.9 Å². The molecule has 0 aliphatic carbocycles. The molecule has 23 heavy (non-hydrogen) atoms. The van der Waals surface area contributed by atoms with Crippen molar-refractivity contribution in [3.05, 3.63) is 45.4 Å². The van der Waals surface area contributed by atoms with Gasteiger partial charge in [-0.05, 0) is 24.3 Å². The molecule has 0 fully saturated rings. The molecule has 0 bridgehead atoms. The Morgan fingerprint density at radius 1 is 1.61 bits per heavy atom. The SMILES string of the molecule is C#C/C(=C\C=C(/C)[N+](=O)[O-])C1CCC(=O)Sc2cnc(N)nc21. The van der Waals surface area contributed by atoms with Crippen molar-refractivity contribution in [2.24, 2.45) is 0 Å². The summed E-state index contributed by atoms with van der Waals surface area (Å²) in [6.07, 6.45) is 10.7. The molecule has 1 aromatic rings. The van der Waals surface area contributed by atoms with E-state index in [1.807, 2.05) is 0 Å². The minimum atomic E-state index is -0.495. The molecule has 1 aromatic heterocycles. The molecule has 118 valence electrons. The molecule has 0 aromatic carbocycles. The Bertz CT molecular complexity index is 764. The fourth-order valence-corrected chi connectivity index (χ4v) is 3.00. The Morgan fingerprint density at radius 2 is 2.35 bits per heavy atom. The van der Waals surface area contributed by atoms with Gasteiger partial charge in [-0.25, -0.2) is 9.97 Å². The molecular weight excluding hydrogens is 316 g/mol. The maximum atomic E-state index is 11.8. The highest BCUT2D eigenvalue weighted by Gasteiger charge is 2.27. The van der Waals surface area contributed by atoms with E-state index in [2.05, 4.69) is 15.9 Å². The molecule has 0 amide bonds. The number of fused-ring (bicyclic) bond motifs is 1. The molecular formula is C15H14N4O3S. The lowest BCUT2D eigenvalue weighted by Gasteiger charge is -2.15. The van der Waals surface area contributed by atoms with E-state index < -0.39 is 4.92 Å². The average Bonchev–Trinajstić information content (AvgIpc) is 2.67. The highest BCUT2D eigenvalue weighted by Crippen LogP contribution is 2.39. The van der Waals surface area contributed by atoms with Crippen molar-refractivity contribution >= 4 is 22.8 Å². The van der Waals surface area contributed by atoms with Crippen LogP contribution in [0.1, 0.15) is 31.4 Å². The van der Waals surface area contributed by atoms with Gasteiger partial charge < -0.3 is 5.73 Å². The third-order valence-corrected chi connectivity index (χ3v) is 4.29. The number of nitrogen functional groups attached to an aromatic ring is 1. The molecule has 0 spiro atoms. The first-order valence-corrected chi connectivity index (χ1v) is 7.56. The summed E-state index contributed by atoms with van der Waals surface area (Å²) in [6, 6.07) is 0. The first kappa shape index (κ1) is 16.7. The minimum Gasteiger partial charge on any atom is -0.368 e. The highest BCUT2D eigenvalue weighted by molar-refractivity contribution is 8.13. The first-order valence-electron chi connectivity index (χ1n) is 6.75. The minimum absolute atomic E-state index is 0.00416. The highest BCUT2D eigenvalue weighted by atomic mass is 32.2. The van der Waals surface area contributed by atoms with E-state index in [1.165, 1.54) is 25.3 Å². The van der Waals surface area contributed by atoms with Crippen molar-refractivity contribution in [2.75, 3.05) is 5.73 Å². The van der Waals surface area contributed by atoms with Crippen molar-refractivity contribution in [1.29, 1.82) is 0 Å². The number of allylic oxidation sites excluding steroid dienone is 4. The number of terminal acetylenes is 1. The van der Waals surface area contributed by atoms with Crippen LogP contribution in [0.15, 0.2) is 34.5 Å². The van der Waals surface area contributed by atoms with Gasteiger partial charge in [0.05, 0.1) is 15.5 Å². The van der Waals surface area contributed by atoms with Gasteiger partial charge in [0.15, 0.2) is 5.12 Å². The number of carbonyl (C=O) groups excluding carboxylic acids is 1. The number of nitrogens with zero attached hydrogens (tertiary/aromatic N) is 3. The van der Waals surface area contributed by atoms with Crippen LogP contribution < -0.4 is 5.73 Å². The van der Waals surface area contributed by atoms with Gasteiger partial charge in [0.2, 0.25) is 11.6 Å². The Hall–Kier alpha value is -2.66. The van der Waals surface area contributed by atoms with Crippen molar-refractivity contribution < 1.29 is 9.72 Å². The van der Waals surface area contributed by atoms with Crippen molar-refractivity contribution in [2.45, 2.75) is 30.6 Å². The fourth-order valence-electron chi connectivity index (χ4n) is 2.14. The van der Waals surface area contributed by atoms with Crippen LogP contribution in [0, 0.1) is 22.5 Å². The summed E-state index contributed by atoms with van der Waals surface area (Å²) in [4.78, 5) is 30.8. The Morgan fingerprint density at radius 3 is 3.00 bits per heavy atom. The molecule has 1 unspecified atom stereocenters. The number of rotatable bonds is 3. The lowest BCUT2D eigenvalue weighted by Crippen LogP contribution is -2.08. The molecule has 0 radical (unpaired) electrons. The maximum absolute atomic E-state index is 11.8. The molecule has 1 aliphatic heterocycles. The van der Waals surface area contributed by atoms with E-state index in [4.69, 9.17) is 12.2 Å². The second kappa shape index (κ2) is 7.07. The summed E-state index contributed by atoms with van der Waals surface area (Å²) in [5.74, 6) is 2.31. The van der Waals surface area contributed by atoms with Gasteiger partial charge in [0.25, 0.3) is 0 Å². The largest absolute Gasteiger partial charge is 0.368 e. The van der Waals surface area contributed by atoms with Gasteiger partial charge in [0.1, 0.15) is 0 Å². The van der Waals surface area contributed by atoms with Crippen LogP contribution in [0.5, 0.6) is 0 Å². The molecule has 2 N–H and O–H groups in total. The smallest absolute Gasteiger partial charge is 0.243 e. The van der Waals surface area contributed by atoms with Crippen LogP contribution in [0.3, 0.4) is 0 Å². The standard InChI is InChI=1S/C15H14N4O3S/c1-3-10(5-4-9(2)19(21)22)11-6-7-13(20)23-12-8-17-15(16)18-14(11)12/h1,4-5,8,11H,6-7H2,2H3,(H2,16,17,18)/b9-4+,10-5+. The summed E-state index contributed by atoms with van der Waals surface area (Å²) in [6.45, 7) is 1.38. The molecule has 1 aliphatic rings. The van der Waals surface area contributed by atoms with Crippen molar-refractivity contribution in [1.82, 2.24) is 9.97 Å². The monoisotopic (exact) mass is 330 g/mol. The predicted octanol–water partition coefficient (Wildman–Crippen LogP) is 2.29. The number of aromatic nitrogens is 2. The molecule has 2 heterocycles.